The average molecular weight is 278 g/mol. The van der Waals surface area contributed by atoms with E-state index in [1.54, 1.807) is 0 Å². The van der Waals surface area contributed by atoms with Gasteiger partial charge in [0.05, 0.1) is 0 Å². The third kappa shape index (κ3) is 3.41. The molecular formula is C16H30N4. The molecule has 1 saturated heterocycles. The lowest BCUT2D eigenvalue weighted by atomic mass is 9.89. The first-order chi connectivity index (χ1) is 9.55. The van der Waals surface area contributed by atoms with E-state index in [2.05, 4.69) is 47.6 Å². The summed E-state index contributed by atoms with van der Waals surface area (Å²) in [5.74, 6) is 1.17. The van der Waals surface area contributed by atoms with Gasteiger partial charge in [-0.25, -0.2) is 4.98 Å². The molecule has 2 rings (SSSR count). The number of rotatable bonds is 7. The summed E-state index contributed by atoms with van der Waals surface area (Å²) in [4.78, 5) is 7.15. The van der Waals surface area contributed by atoms with E-state index >= 15 is 0 Å². The van der Waals surface area contributed by atoms with Crippen LogP contribution in [0.2, 0.25) is 0 Å². The van der Waals surface area contributed by atoms with Crippen LogP contribution in [0.5, 0.6) is 0 Å². The molecule has 1 aliphatic rings. The van der Waals surface area contributed by atoms with Crippen molar-refractivity contribution in [3.8, 4) is 0 Å². The van der Waals surface area contributed by atoms with Crippen LogP contribution in [0.4, 0.5) is 0 Å². The van der Waals surface area contributed by atoms with Crippen molar-refractivity contribution in [2.45, 2.75) is 58.0 Å². The number of aryl methyl sites for hydroxylation is 1. The Labute approximate surface area is 123 Å². The number of hydrogen-bond acceptors (Lipinski definition) is 3. The molecule has 2 heterocycles. The van der Waals surface area contributed by atoms with Crippen LogP contribution in [0, 0.1) is 0 Å². The molecule has 1 aromatic heterocycles. The molecule has 0 saturated carbocycles. The van der Waals surface area contributed by atoms with Gasteiger partial charge in [0, 0.05) is 37.4 Å². The monoisotopic (exact) mass is 278 g/mol. The number of nitrogens with zero attached hydrogens (tertiary/aromatic N) is 3. The molecule has 0 amide bonds. The van der Waals surface area contributed by atoms with Crippen molar-refractivity contribution in [2.75, 3.05) is 19.6 Å². The van der Waals surface area contributed by atoms with Crippen molar-refractivity contribution < 1.29 is 0 Å². The molecule has 4 heteroatoms. The van der Waals surface area contributed by atoms with E-state index in [4.69, 9.17) is 0 Å². The van der Waals surface area contributed by atoms with Gasteiger partial charge >= 0.3 is 0 Å². The Morgan fingerprint density at radius 1 is 1.35 bits per heavy atom. The Kier molecular flexibility index (Phi) is 5.22. The maximum Gasteiger partial charge on any atom is 0.109 e. The van der Waals surface area contributed by atoms with Crippen molar-refractivity contribution in [3.05, 3.63) is 18.2 Å². The summed E-state index contributed by atoms with van der Waals surface area (Å²) in [5, 5.41) is 3.76. The number of hydrogen-bond donors (Lipinski definition) is 1. The summed E-state index contributed by atoms with van der Waals surface area (Å²) in [6.45, 7) is 10.5. The number of likely N-dealkylation sites (tertiary alicyclic amines) is 1. The van der Waals surface area contributed by atoms with Gasteiger partial charge < -0.3 is 9.88 Å². The molecule has 0 radical (unpaired) electrons. The molecule has 4 nitrogen and oxygen atoms in total. The number of nitrogens with one attached hydrogen (secondary N) is 1. The molecule has 0 spiro atoms. The van der Waals surface area contributed by atoms with Gasteiger partial charge in [-0.3, -0.25) is 4.90 Å². The van der Waals surface area contributed by atoms with Gasteiger partial charge in [-0.1, -0.05) is 6.92 Å². The van der Waals surface area contributed by atoms with E-state index in [0.29, 0.717) is 6.04 Å². The molecule has 114 valence electrons. The summed E-state index contributed by atoms with van der Waals surface area (Å²) < 4.78 is 2.14. The summed E-state index contributed by atoms with van der Waals surface area (Å²) >= 11 is 0. The second-order valence-electron chi connectivity index (χ2n) is 6.51. The number of aromatic nitrogens is 2. The van der Waals surface area contributed by atoms with Crippen molar-refractivity contribution in [1.82, 2.24) is 19.8 Å². The Hall–Kier alpha value is -0.870. The predicted octanol–water partition coefficient (Wildman–Crippen LogP) is 2.21. The SMILES string of the molecule is CCCNC(Cc1nccn1C)C(C)(C)N1CCCC1. The van der Waals surface area contributed by atoms with Gasteiger partial charge in [-0.05, 0) is 52.7 Å². The Bertz CT molecular complexity index is 404. The van der Waals surface area contributed by atoms with Crippen LogP contribution in [0.25, 0.3) is 0 Å². The first-order valence-corrected chi connectivity index (χ1v) is 8.00. The molecule has 1 aliphatic heterocycles. The molecule has 1 fully saturated rings. The molecule has 1 N–H and O–H groups in total. The second-order valence-corrected chi connectivity index (χ2v) is 6.51. The largest absolute Gasteiger partial charge is 0.338 e. The fourth-order valence-electron chi connectivity index (χ4n) is 3.18. The highest BCUT2D eigenvalue weighted by atomic mass is 15.2. The quantitative estimate of drug-likeness (QED) is 0.830. The van der Waals surface area contributed by atoms with E-state index < -0.39 is 0 Å². The molecule has 0 aromatic carbocycles. The molecular weight excluding hydrogens is 248 g/mol. The minimum Gasteiger partial charge on any atom is -0.338 e. The summed E-state index contributed by atoms with van der Waals surface area (Å²) in [5.41, 5.74) is 0.178. The Morgan fingerprint density at radius 3 is 2.60 bits per heavy atom. The smallest absolute Gasteiger partial charge is 0.109 e. The molecule has 0 bridgehead atoms. The third-order valence-electron chi connectivity index (χ3n) is 4.72. The summed E-state index contributed by atoms with van der Waals surface area (Å²) in [7, 11) is 2.09. The molecule has 1 aromatic rings. The zero-order valence-corrected chi connectivity index (χ0v) is 13.5. The van der Waals surface area contributed by atoms with E-state index in [1.807, 2.05) is 12.4 Å². The Morgan fingerprint density at radius 2 is 2.05 bits per heavy atom. The van der Waals surface area contributed by atoms with Crippen LogP contribution >= 0.6 is 0 Å². The van der Waals surface area contributed by atoms with Crippen LogP contribution in [0.1, 0.15) is 45.9 Å². The van der Waals surface area contributed by atoms with E-state index in [-0.39, 0.29) is 5.54 Å². The van der Waals surface area contributed by atoms with Crippen LogP contribution in [0.15, 0.2) is 12.4 Å². The normalized spacial score (nSPS) is 18.6. The minimum atomic E-state index is 0.178. The highest BCUT2D eigenvalue weighted by Gasteiger charge is 2.36. The van der Waals surface area contributed by atoms with Crippen LogP contribution in [-0.2, 0) is 13.5 Å². The Balaban J connectivity index is 2.11. The van der Waals surface area contributed by atoms with Crippen LogP contribution in [-0.4, -0.2) is 45.7 Å². The predicted molar refractivity (Wildman–Crippen MR) is 83.9 cm³/mol. The average Bonchev–Trinajstić information content (AvgIpc) is 3.06. The first kappa shape index (κ1) is 15.5. The minimum absolute atomic E-state index is 0.178. The van der Waals surface area contributed by atoms with Gasteiger partial charge in [0.2, 0.25) is 0 Å². The van der Waals surface area contributed by atoms with Crippen molar-refractivity contribution in [2.24, 2.45) is 7.05 Å². The van der Waals surface area contributed by atoms with Gasteiger partial charge in [0.25, 0.3) is 0 Å². The van der Waals surface area contributed by atoms with E-state index in [0.717, 1.165) is 13.0 Å². The fraction of sp³-hybridized carbons (Fsp3) is 0.812. The fourth-order valence-corrected chi connectivity index (χ4v) is 3.18. The van der Waals surface area contributed by atoms with Crippen LogP contribution < -0.4 is 5.32 Å². The van der Waals surface area contributed by atoms with Gasteiger partial charge in [-0.2, -0.15) is 0 Å². The van der Waals surface area contributed by atoms with Gasteiger partial charge in [0.1, 0.15) is 5.82 Å². The molecule has 1 unspecified atom stereocenters. The van der Waals surface area contributed by atoms with Gasteiger partial charge in [-0.15, -0.1) is 0 Å². The highest BCUT2D eigenvalue weighted by Crippen LogP contribution is 2.26. The lowest BCUT2D eigenvalue weighted by Gasteiger charge is -2.42. The molecule has 20 heavy (non-hydrogen) atoms. The first-order valence-electron chi connectivity index (χ1n) is 8.00. The highest BCUT2D eigenvalue weighted by molar-refractivity contribution is 5.03. The van der Waals surface area contributed by atoms with Crippen molar-refractivity contribution >= 4 is 0 Å². The number of imidazole rings is 1. The van der Waals surface area contributed by atoms with E-state index in [1.165, 1.54) is 38.2 Å². The van der Waals surface area contributed by atoms with Crippen LogP contribution in [0.3, 0.4) is 0 Å². The molecule has 0 aliphatic carbocycles. The van der Waals surface area contributed by atoms with Crippen molar-refractivity contribution in [1.29, 1.82) is 0 Å². The lowest BCUT2D eigenvalue weighted by Crippen LogP contribution is -2.58. The maximum absolute atomic E-state index is 4.51. The second kappa shape index (κ2) is 6.72. The maximum atomic E-state index is 4.51. The summed E-state index contributed by atoms with van der Waals surface area (Å²) in [6.07, 6.45) is 8.78. The topological polar surface area (TPSA) is 33.1 Å². The lowest BCUT2D eigenvalue weighted by molar-refractivity contribution is 0.105. The zero-order valence-electron chi connectivity index (χ0n) is 13.5. The molecule has 1 atom stereocenters. The van der Waals surface area contributed by atoms with E-state index in [9.17, 15) is 0 Å². The standard InChI is InChI=1S/C16H30N4/c1-5-8-17-14(13-15-18-9-12-19(15)4)16(2,3)20-10-6-7-11-20/h9,12,14,17H,5-8,10-11,13H2,1-4H3. The van der Waals surface area contributed by atoms with Gasteiger partial charge in [0.15, 0.2) is 0 Å². The van der Waals surface area contributed by atoms with Crippen molar-refractivity contribution in [3.63, 3.8) is 0 Å². The zero-order chi connectivity index (χ0) is 14.6. The summed E-state index contributed by atoms with van der Waals surface area (Å²) in [6, 6.07) is 0.446. The third-order valence-corrected chi connectivity index (χ3v) is 4.72.